The Kier molecular flexibility index (Phi) is 7.24. The molecule has 0 aliphatic carbocycles. The molecular formula is C20H22ClFN2O. The highest BCUT2D eigenvalue weighted by molar-refractivity contribution is 5.85. The molecule has 0 unspecified atom stereocenters. The fourth-order valence-corrected chi connectivity index (χ4v) is 3.26. The first-order valence-corrected chi connectivity index (χ1v) is 8.33. The van der Waals surface area contributed by atoms with Gasteiger partial charge in [-0.15, -0.1) is 12.4 Å². The lowest BCUT2D eigenvalue weighted by molar-refractivity contribution is 0.0788. The van der Waals surface area contributed by atoms with Crippen molar-refractivity contribution in [2.45, 2.75) is 24.9 Å². The molecule has 1 aliphatic rings. The summed E-state index contributed by atoms with van der Waals surface area (Å²) < 4.78 is 19.3. The van der Waals surface area contributed by atoms with Crippen LogP contribution in [0.1, 0.15) is 24.3 Å². The summed E-state index contributed by atoms with van der Waals surface area (Å²) in [7, 11) is 0. The molecule has 1 heterocycles. The molecule has 0 radical (unpaired) electrons. The lowest BCUT2D eigenvalue weighted by atomic mass is 9.87. The van der Waals surface area contributed by atoms with E-state index in [4.69, 9.17) is 10.00 Å². The fourth-order valence-electron chi connectivity index (χ4n) is 3.26. The average molecular weight is 361 g/mol. The predicted octanol–water partition coefficient (Wildman–Crippen LogP) is 4.40. The van der Waals surface area contributed by atoms with Crippen LogP contribution in [0.15, 0.2) is 54.6 Å². The Morgan fingerprint density at radius 3 is 2.52 bits per heavy atom. The molecule has 1 aliphatic heterocycles. The second-order valence-electron chi connectivity index (χ2n) is 6.12. The number of nitriles is 1. The SMILES string of the molecule is Cl.N#CCCN1CC[C@@H](Oc2ccc(F)cc2)[C@H](c2ccccc2)C1. The van der Waals surface area contributed by atoms with Gasteiger partial charge in [-0.2, -0.15) is 5.26 Å². The molecule has 3 nitrogen and oxygen atoms in total. The van der Waals surface area contributed by atoms with Crippen LogP contribution in [0.25, 0.3) is 0 Å². The molecule has 3 rings (SSSR count). The van der Waals surface area contributed by atoms with Crippen molar-refractivity contribution in [3.8, 4) is 11.8 Å². The minimum absolute atomic E-state index is 0. The van der Waals surface area contributed by atoms with Crippen LogP contribution in [0.2, 0.25) is 0 Å². The number of ether oxygens (including phenoxy) is 1. The summed E-state index contributed by atoms with van der Waals surface area (Å²) in [6.45, 7) is 2.58. The third kappa shape index (κ3) is 5.19. The van der Waals surface area contributed by atoms with Crippen molar-refractivity contribution in [2.24, 2.45) is 0 Å². The van der Waals surface area contributed by atoms with Gasteiger partial charge in [-0.1, -0.05) is 30.3 Å². The van der Waals surface area contributed by atoms with E-state index in [0.717, 1.165) is 26.1 Å². The van der Waals surface area contributed by atoms with Crippen molar-refractivity contribution in [3.63, 3.8) is 0 Å². The van der Waals surface area contributed by atoms with Gasteiger partial charge in [0.2, 0.25) is 0 Å². The number of hydrogen-bond donors (Lipinski definition) is 0. The first kappa shape index (κ1) is 19.2. The molecule has 2 aromatic rings. The van der Waals surface area contributed by atoms with Gasteiger partial charge >= 0.3 is 0 Å². The predicted molar refractivity (Wildman–Crippen MR) is 98.5 cm³/mol. The zero-order valence-electron chi connectivity index (χ0n) is 14.0. The van der Waals surface area contributed by atoms with E-state index in [-0.39, 0.29) is 30.2 Å². The highest BCUT2D eigenvalue weighted by Gasteiger charge is 2.31. The van der Waals surface area contributed by atoms with E-state index < -0.39 is 0 Å². The lowest BCUT2D eigenvalue weighted by Gasteiger charge is -2.38. The number of hydrogen-bond acceptors (Lipinski definition) is 3. The van der Waals surface area contributed by atoms with Gasteiger partial charge in [0.25, 0.3) is 0 Å². The first-order valence-electron chi connectivity index (χ1n) is 8.33. The van der Waals surface area contributed by atoms with Gasteiger partial charge in [-0.25, -0.2) is 4.39 Å². The molecule has 0 amide bonds. The zero-order valence-corrected chi connectivity index (χ0v) is 14.8. The van der Waals surface area contributed by atoms with Gasteiger partial charge in [0, 0.05) is 32.0 Å². The fraction of sp³-hybridized carbons (Fsp3) is 0.350. The Morgan fingerprint density at radius 2 is 1.84 bits per heavy atom. The number of likely N-dealkylation sites (tertiary alicyclic amines) is 1. The smallest absolute Gasteiger partial charge is 0.123 e. The topological polar surface area (TPSA) is 36.3 Å². The summed E-state index contributed by atoms with van der Waals surface area (Å²) in [4.78, 5) is 2.32. The van der Waals surface area contributed by atoms with E-state index in [1.807, 2.05) is 18.2 Å². The molecule has 0 aromatic heterocycles. The number of benzene rings is 2. The third-order valence-corrected chi connectivity index (χ3v) is 4.50. The largest absolute Gasteiger partial charge is 0.490 e. The summed E-state index contributed by atoms with van der Waals surface area (Å²) in [5.74, 6) is 0.685. The van der Waals surface area contributed by atoms with E-state index >= 15 is 0 Å². The maximum atomic E-state index is 13.1. The summed E-state index contributed by atoms with van der Waals surface area (Å²) in [5.41, 5.74) is 1.24. The monoisotopic (exact) mass is 360 g/mol. The second kappa shape index (κ2) is 9.41. The number of rotatable bonds is 5. The molecule has 2 atom stereocenters. The van der Waals surface area contributed by atoms with Crippen molar-refractivity contribution in [1.29, 1.82) is 5.26 Å². The highest BCUT2D eigenvalue weighted by atomic mass is 35.5. The average Bonchev–Trinajstić information content (AvgIpc) is 2.63. The first-order chi connectivity index (χ1) is 11.8. The van der Waals surface area contributed by atoms with E-state index in [0.29, 0.717) is 12.2 Å². The zero-order chi connectivity index (χ0) is 16.8. The molecule has 132 valence electrons. The summed E-state index contributed by atoms with van der Waals surface area (Å²) in [6.07, 6.45) is 1.49. The number of halogens is 2. The van der Waals surface area contributed by atoms with Crippen LogP contribution in [0, 0.1) is 17.1 Å². The highest BCUT2D eigenvalue weighted by Crippen LogP contribution is 2.31. The lowest BCUT2D eigenvalue weighted by Crippen LogP contribution is -2.44. The third-order valence-electron chi connectivity index (χ3n) is 4.50. The molecular weight excluding hydrogens is 339 g/mol. The van der Waals surface area contributed by atoms with Gasteiger partial charge in [0.05, 0.1) is 6.07 Å². The maximum absolute atomic E-state index is 13.1. The van der Waals surface area contributed by atoms with Crippen molar-refractivity contribution < 1.29 is 9.13 Å². The second-order valence-corrected chi connectivity index (χ2v) is 6.12. The molecule has 0 saturated carbocycles. The van der Waals surface area contributed by atoms with Crippen molar-refractivity contribution in [3.05, 3.63) is 66.0 Å². The number of piperidine rings is 1. The molecule has 2 aromatic carbocycles. The van der Waals surface area contributed by atoms with Crippen molar-refractivity contribution in [1.82, 2.24) is 4.90 Å². The van der Waals surface area contributed by atoms with Crippen LogP contribution < -0.4 is 4.74 Å². The summed E-state index contributed by atoms with van der Waals surface area (Å²) >= 11 is 0. The molecule has 25 heavy (non-hydrogen) atoms. The Balaban J connectivity index is 0.00000225. The molecule has 5 heteroatoms. The molecule has 0 N–H and O–H groups in total. The van der Waals surface area contributed by atoms with Gasteiger partial charge in [0.15, 0.2) is 0 Å². The maximum Gasteiger partial charge on any atom is 0.123 e. The number of nitrogens with zero attached hydrogens (tertiary/aromatic N) is 2. The normalized spacial score (nSPS) is 20.3. The van der Waals surface area contributed by atoms with Gasteiger partial charge < -0.3 is 9.64 Å². The Morgan fingerprint density at radius 1 is 1.12 bits per heavy atom. The molecule has 1 fully saturated rings. The molecule has 0 bridgehead atoms. The Hall–Kier alpha value is -2.09. The minimum atomic E-state index is -0.256. The van der Waals surface area contributed by atoms with Crippen LogP contribution in [0.5, 0.6) is 5.75 Å². The van der Waals surface area contributed by atoms with Gasteiger partial charge in [-0.05, 0) is 36.2 Å². The van der Waals surface area contributed by atoms with Crippen LogP contribution in [-0.4, -0.2) is 30.6 Å². The summed E-state index contributed by atoms with van der Waals surface area (Å²) in [6, 6.07) is 18.8. The minimum Gasteiger partial charge on any atom is -0.490 e. The van der Waals surface area contributed by atoms with Crippen LogP contribution in [0.4, 0.5) is 4.39 Å². The van der Waals surface area contributed by atoms with E-state index in [1.54, 1.807) is 12.1 Å². The van der Waals surface area contributed by atoms with E-state index in [9.17, 15) is 4.39 Å². The van der Waals surface area contributed by atoms with Crippen LogP contribution in [-0.2, 0) is 0 Å². The Bertz CT molecular complexity index is 687. The van der Waals surface area contributed by atoms with Gasteiger partial charge in [-0.3, -0.25) is 0 Å². The van der Waals surface area contributed by atoms with Crippen molar-refractivity contribution >= 4 is 12.4 Å². The van der Waals surface area contributed by atoms with E-state index in [2.05, 4.69) is 23.1 Å². The van der Waals surface area contributed by atoms with Gasteiger partial charge in [0.1, 0.15) is 17.7 Å². The van der Waals surface area contributed by atoms with Crippen molar-refractivity contribution in [2.75, 3.05) is 19.6 Å². The standard InChI is InChI=1S/C20H21FN2O.ClH/c21-17-7-9-18(10-8-17)24-20-11-14-23(13-4-12-22)15-19(20)16-5-2-1-3-6-16;/h1-3,5-10,19-20H,4,11,13-15H2;1H/t19-,20+;/m0./s1. The quantitative estimate of drug-likeness (QED) is 0.793. The molecule has 1 saturated heterocycles. The van der Waals surface area contributed by atoms with Crippen LogP contribution in [0.3, 0.4) is 0 Å². The van der Waals surface area contributed by atoms with E-state index in [1.165, 1.54) is 17.7 Å². The Labute approximate surface area is 154 Å². The summed E-state index contributed by atoms with van der Waals surface area (Å²) in [5, 5.41) is 8.82. The van der Waals surface area contributed by atoms with Crippen LogP contribution >= 0.6 is 12.4 Å². The molecule has 0 spiro atoms.